The zero-order chi connectivity index (χ0) is 10.7. The summed E-state index contributed by atoms with van der Waals surface area (Å²) in [5, 5.41) is 6.31. The summed E-state index contributed by atoms with van der Waals surface area (Å²) in [5.41, 5.74) is 1.19. The second kappa shape index (κ2) is 6.18. The first-order valence-electron chi connectivity index (χ1n) is 5.03. The standard InChI is InChI=1S/C12H14FNS.ClH/c1-14-11(8-13)7-9-2-3-12-10(6-9)4-5-15-12;/h2-6,11,14H,7-8H2,1H3;1H. The molecule has 2 aromatic rings. The molecule has 4 heteroatoms. The summed E-state index contributed by atoms with van der Waals surface area (Å²) in [6, 6.07) is 8.37. The van der Waals surface area contributed by atoms with Gasteiger partial charge in [-0.3, -0.25) is 0 Å². The van der Waals surface area contributed by atoms with Crippen LogP contribution in [-0.4, -0.2) is 19.8 Å². The number of hydrogen-bond donors (Lipinski definition) is 1. The fourth-order valence-corrected chi connectivity index (χ4v) is 2.43. The lowest BCUT2D eigenvalue weighted by molar-refractivity contribution is 0.389. The Balaban J connectivity index is 0.00000128. The van der Waals surface area contributed by atoms with Crippen molar-refractivity contribution in [2.45, 2.75) is 12.5 Å². The molecule has 1 nitrogen and oxygen atoms in total. The third-order valence-electron chi connectivity index (χ3n) is 2.59. The molecule has 1 N–H and O–H groups in total. The van der Waals surface area contributed by atoms with Crippen LogP contribution in [0.15, 0.2) is 29.6 Å². The number of nitrogens with one attached hydrogen (secondary N) is 1. The van der Waals surface area contributed by atoms with Crippen LogP contribution in [0.1, 0.15) is 5.56 Å². The third kappa shape index (κ3) is 2.94. The van der Waals surface area contributed by atoms with Gasteiger partial charge in [0.05, 0.1) is 0 Å². The Bertz CT molecular complexity index is 439. The minimum atomic E-state index is -0.321. The minimum Gasteiger partial charge on any atom is -0.314 e. The molecule has 0 aliphatic rings. The van der Waals surface area contributed by atoms with Gasteiger partial charge in [0.15, 0.2) is 0 Å². The maximum Gasteiger partial charge on any atom is 0.105 e. The van der Waals surface area contributed by atoms with E-state index in [1.165, 1.54) is 15.6 Å². The van der Waals surface area contributed by atoms with Crippen LogP contribution in [-0.2, 0) is 6.42 Å². The van der Waals surface area contributed by atoms with Gasteiger partial charge in [-0.1, -0.05) is 12.1 Å². The van der Waals surface area contributed by atoms with Crippen LogP contribution in [0.25, 0.3) is 10.1 Å². The van der Waals surface area contributed by atoms with Crippen molar-refractivity contribution in [1.29, 1.82) is 0 Å². The lowest BCUT2D eigenvalue weighted by atomic mass is 10.1. The van der Waals surface area contributed by atoms with Gasteiger partial charge in [-0.15, -0.1) is 23.7 Å². The van der Waals surface area contributed by atoms with Crippen LogP contribution in [0, 0.1) is 0 Å². The van der Waals surface area contributed by atoms with Gasteiger partial charge in [-0.2, -0.15) is 0 Å². The maximum absolute atomic E-state index is 12.5. The highest BCUT2D eigenvalue weighted by Crippen LogP contribution is 2.22. The highest BCUT2D eigenvalue weighted by molar-refractivity contribution is 7.17. The van der Waals surface area contributed by atoms with E-state index in [-0.39, 0.29) is 25.1 Å². The van der Waals surface area contributed by atoms with Gasteiger partial charge in [0.25, 0.3) is 0 Å². The Morgan fingerprint density at radius 3 is 2.88 bits per heavy atom. The van der Waals surface area contributed by atoms with E-state index in [2.05, 4.69) is 35.0 Å². The van der Waals surface area contributed by atoms with Crippen LogP contribution >= 0.6 is 23.7 Å². The van der Waals surface area contributed by atoms with E-state index in [9.17, 15) is 4.39 Å². The summed E-state index contributed by atoms with van der Waals surface area (Å²) >= 11 is 1.74. The van der Waals surface area contributed by atoms with Crippen molar-refractivity contribution >= 4 is 33.8 Å². The number of fused-ring (bicyclic) bond motifs is 1. The molecule has 0 bridgehead atoms. The number of alkyl halides is 1. The zero-order valence-electron chi connectivity index (χ0n) is 9.07. The predicted molar refractivity (Wildman–Crippen MR) is 71.6 cm³/mol. The van der Waals surface area contributed by atoms with Crippen LogP contribution < -0.4 is 5.32 Å². The largest absolute Gasteiger partial charge is 0.314 e. The molecule has 0 aliphatic heterocycles. The molecule has 0 fully saturated rings. The van der Waals surface area contributed by atoms with Gasteiger partial charge in [-0.05, 0) is 41.9 Å². The second-order valence-corrected chi connectivity index (χ2v) is 4.58. The van der Waals surface area contributed by atoms with Crippen molar-refractivity contribution in [2.24, 2.45) is 0 Å². The molecule has 0 radical (unpaired) electrons. The number of thiophene rings is 1. The molecule has 1 heterocycles. The Morgan fingerprint density at radius 1 is 1.38 bits per heavy atom. The predicted octanol–water partition coefficient (Wildman–Crippen LogP) is 3.42. The average Bonchev–Trinajstić information content (AvgIpc) is 2.73. The van der Waals surface area contributed by atoms with Crippen LogP contribution in [0.5, 0.6) is 0 Å². The molecule has 88 valence electrons. The first-order chi connectivity index (χ1) is 7.33. The molecular formula is C12H15ClFNS. The second-order valence-electron chi connectivity index (χ2n) is 3.64. The van der Waals surface area contributed by atoms with Gasteiger partial charge < -0.3 is 5.32 Å². The van der Waals surface area contributed by atoms with Gasteiger partial charge in [-0.25, -0.2) is 4.39 Å². The Kier molecular flexibility index (Phi) is 5.19. The minimum absolute atomic E-state index is 0. The molecule has 0 saturated heterocycles. The first-order valence-corrected chi connectivity index (χ1v) is 5.91. The number of hydrogen-bond acceptors (Lipinski definition) is 2. The SMILES string of the molecule is CNC(CF)Cc1ccc2sccc2c1.Cl. The fourth-order valence-electron chi connectivity index (χ4n) is 1.66. The quantitative estimate of drug-likeness (QED) is 0.887. The van der Waals surface area contributed by atoms with E-state index in [4.69, 9.17) is 0 Å². The van der Waals surface area contributed by atoms with Crippen LogP contribution in [0.3, 0.4) is 0 Å². The number of likely N-dealkylation sites (N-methyl/N-ethyl adjacent to an activating group) is 1. The lowest BCUT2D eigenvalue weighted by Gasteiger charge is -2.11. The number of benzene rings is 1. The van der Waals surface area contributed by atoms with Gasteiger partial charge in [0.2, 0.25) is 0 Å². The molecular weight excluding hydrogens is 245 g/mol. The van der Waals surface area contributed by atoms with Crippen molar-refractivity contribution in [3.05, 3.63) is 35.2 Å². The molecule has 0 amide bonds. The van der Waals surface area contributed by atoms with Crippen molar-refractivity contribution in [3.8, 4) is 0 Å². The molecule has 2 rings (SSSR count). The van der Waals surface area contributed by atoms with Crippen LogP contribution in [0.4, 0.5) is 4.39 Å². The van der Waals surface area contributed by atoms with Crippen molar-refractivity contribution in [1.82, 2.24) is 5.32 Å². The van der Waals surface area contributed by atoms with E-state index in [1.807, 2.05) is 0 Å². The summed E-state index contributed by atoms with van der Waals surface area (Å²) in [5.74, 6) is 0. The molecule has 0 spiro atoms. The smallest absolute Gasteiger partial charge is 0.105 e. The van der Waals surface area contributed by atoms with Crippen molar-refractivity contribution in [3.63, 3.8) is 0 Å². The van der Waals surface area contributed by atoms with E-state index in [0.29, 0.717) is 0 Å². The van der Waals surface area contributed by atoms with Crippen molar-refractivity contribution < 1.29 is 4.39 Å². The molecule has 1 atom stereocenters. The molecule has 1 aromatic heterocycles. The zero-order valence-corrected chi connectivity index (χ0v) is 10.7. The number of rotatable bonds is 4. The lowest BCUT2D eigenvalue weighted by Crippen LogP contribution is -2.29. The van der Waals surface area contributed by atoms with Crippen molar-refractivity contribution in [2.75, 3.05) is 13.7 Å². The highest BCUT2D eigenvalue weighted by atomic mass is 35.5. The molecule has 1 aromatic carbocycles. The Labute approximate surface area is 105 Å². The Hall–Kier alpha value is -0.640. The molecule has 0 aliphatic carbocycles. The normalized spacial score (nSPS) is 12.4. The van der Waals surface area contributed by atoms with E-state index in [1.54, 1.807) is 18.4 Å². The molecule has 0 saturated carbocycles. The molecule has 1 unspecified atom stereocenters. The summed E-state index contributed by atoms with van der Waals surface area (Å²) in [6.07, 6.45) is 0.749. The van der Waals surface area contributed by atoms with E-state index < -0.39 is 0 Å². The van der Waals surface area contributed by atoms with Gasteiger partial charge in [0.1, 0.15) is 6.67 Å². The van der Waals surface area contributed by atoms with Crippen LogP contribution in [0.2, 0.25) is 0 Å². The average molecular weight is 260 g/mol. The van der Waals surface area contributed by atoms with Gasteiger partial charge >= 0.3 is 0 Å². The summed E-state index contributed by atoms with van der Waals surface area (Å²) in [6.45, 7) is -0.321. The summed E-state index contributed by atoms with van der Waals surface area (Å²) in [7, 11) is 1.80. The topological polar surface area (TPSA) is 12.0 Å². The fraction of sp³-hybridized carbons (Fsp3) is 0.333. The summed E-state index contributed by atoms with van der Waals surface area (Å²) < 4.78 is 13.8. The maximum atomic E-state index is 12.5. The van der Waals surface area contributed by atoms with E-state index >= 15 is 0 Å². The number of halogens is 2. The monoisotopic (exact) mass is 259 g/mol. The molecule has 16 heavy (non-hydrogen) atoms. The van der Waals surface area contributed by atoms with Gasteiger partial charge in [0, 0.05) is 10.7 Å². The first kappa shape index (κ1) is 13.4. The highest BCUT2D eigenvalue weighted by Gasteiger charge is 2.06. The Morgan fingerprint density at radius 2 is 2.19 bits per heavy atom. The third-order valence-corrected chi connectivity index (χ3v) is 3.49. The summed E-state index contributed by atoms with van der Waals surface area (Å²) in [4.78, 5) is 0. The van der Waals surface area contributed by atoms with E-state index in [0.717, 1.165) is 6.42 Å².